The average Bonchev–Trinajstić information content (AvgIpc) is 3.25. The normalized spacial score (nSPS) is 24.6. The average molecular weight is 370 g/mol. The van der Waals surface area contributed by atoms with Crippen LogP contribution < -0.4 is 10.6 Å². The maximum Gasteiger partial charge on any atom is 0.191 e. The van der Waals surface area contributed by atoms with Gasteiger partial charge in [-0.1, -0.05) is 23.7 Å². The SMILES string of the molecule is CCNC(=NCC1(c2ccc(Cl)cc2)CC1)NC1CCS(=O)(=O)C1. The molecule has 0 aromatic heterocycles. The van der Waals surface area contributed by atoms with E-state index in [1.807, 2.05) is 19.1 Å². The Bertz CT molecular complexity index is 712. The predicted octanol–water partition coefficient (Wildman–Crippen LogP) is 2.11. The first-order valence-electron chi connectivity index (χ1n) is 8.44. The van der Waals surface area contributed by atoms with Crippen molar-refractivity contribution in [2.75, 3.05) is 24.6 Å². The molecule has 2 fully saturated rings. The lowest BCUT2D eigenvalue weighted by molar-refractivity contribution is 0.599. The molecular formula is C17H24ClN3O2S. The number of nitrogens with one attached hydrogen (secondary N) is 2. The van der Waals surface area contributed by atoms with Gasteiger partial charge in [0.15, 0.2) is 15.8 Å². The number of benzene rings is 1. The van der Waals surface area contributed by atoms with E-state index < -0.39 is 9.84 Å². The zero-order valence-corrected chi connectivity index (χ0v) is 15.5. The highest BCUT2D eigenvalue weighted by atomic mass is 35.5. The van der Waals surface area contributed by atoms with E-state index in [4.69, 9.17) is 16.6 Å². The lowest BCUT2D eigenvalue weighted by Crippen LogP contribution is -2.44. The summed E-state index contributed by atoms with van der Waals surface area (Å²) < 4.78 is 23.2. The fraction of sp³-hybridized carbons (Fsp3) is 0.588. The molecule has 3 rings (SSSR count). The molecule has 1 aliphatic heterocycles. The van der Waals surface area contributed by atoms with Gasteiger partial charge in [0.05, 0.1) is 18.1 Å². The Kier molecular flexibility index (Phi) is 5.06. The van der Waals surface area contributed by atoms with Crippen LogP contribution in [0.2, 0.25) is 5.02 Å². The second kappa shape index (κ2) is 6.92. The van der Waals surface area contributed by atoms with Gasteiger partial charge in [-0.3, -0.25) is 4.99 Å². The van der Waals surface area contributed by atoms with E-state index in [0.29, 0.717) is 18.9 Å². The van der Waals surface area contributed by atoms with E-state index in [1.165, 1.54) is 5.56 Å². The van der Waals surface area contributed by atoms with E-state index >= 15 is 0 Å². The molecule has 132 valence electrons. The van der Waals surface area contributed by atoms with E-state index in [2.05, 4.69) is 22.8 Å². The molecule has 0 spiro atoms. The van der Waals surface area contributed by atoms with Crippen LogP contribution in [0.1, 0.15) is 31.7 Å². The maximum atomic E-state index is 11.6. The smallest absolute Gasteiger partial charge is 0.191 e. The Morgan fingerprint density at radius 3 is 2.58 bits per heavy atom. The topological polar surface area (TPSA) is 70.6 Å². The highest BCUT2D eigenvalue weighted by Gasteiger charge is 2.44. The van der Waals surface area contributed by atoms with Crippen LogP contribution in [0.5, 0.6) is 0 Å². The van der Waals surface area contributed by atoms with E-state index in [-0.39, 0.29) is 23.0 Å². The first-order chi connectivity index (χ1) is 11.4. The van der Waals surface area contributed by atoms with Gasteiger partial charge < -0.3 is 10.6 Å². The molecule has 1 heterocycles. The molecule has 2 N–H and O–H groups in total. The molecule has 1 saturated heterocycles. The molecule has 1 aromatic carbocycles. The summed E-state index contributed by atoms with van der Waals surface area (Å²) in [5.74, 6) is 1.17. The third-order valence-corrected chi connectivity index (χ3v) is 6.79. The van der Waals surface area contributed by atoms with Crippen molar-refractivity contribution in [2.24, 2.45) is 4.99 Å². The van der Waals surface area contributed by atoms with E-state index in [0.717, 1.165) is 24.4 Å². The van der Waals surface area contributed by atoms with Gasteiger partial charge in [0.25, 0.3) is 0 Å². The van der Waals surface area contributed by atoms with Gasteiger partial charge in [0.2, 0.25) is 0 Å². The Morgan fingerprint density at radius 1 is 1.33 bits per heavy atom. The summed E-state index contributed by atoms with van der Waals surface area (Å²) in [5, 5.41) is 7.24. The summed E-state index contributed by atoms with van der Waals surface area (Å²) in [6.07, 6.45) is 2.89. The van der Waals surface area contributed by atoms with Gasteiger partial charge in [0.1, 0.15) is 0 Å². The lowest BCUT2D eigenvalue weighted by atomic mass is 9.96. The Balaban J connectivity index is 1.66. The van der Waals surface area contributed by atoms with Gasteiger partial charge in [0, 0.05) is 23.0 Å². The number of rotatable bonds is 5. The van der Waals surface area contributed by atoms with Gasteiger partial charge in [-0.2, -0.15) is 0 Å². The van der Waals surface area contributed by atoms with Crippen molar-refractivity contribution in [1.82, 2.24) is 10.6 Å². The van der Waals surface area contributed by atoms with Gasteiger partial charge in [-0.05, 0) is 43.9 Å². The number of aliphatic imine (C=N–C) groups is 1. The number of nitrogens with zero attached hydrogens (tertiary/aromatic N) is 1. The Labute approximate surface area is 148 Å². The number of halogens is 1. The van der Waals surface area contributed by atoms with Crippen molar-refractivity contribution in [1.29, 1.82) is 0 Å². The quantitative estimate of drug-likeness (QED) is 0.616. The van der Waals surface area contributed by atoms with Crippen LogP contribution in [0.4, 0.5) is 0 Å². The number of guanidine groups is 1. The fourth-order valence-electron chi connectivity index (χ4n) is 3.15. The summed E-state index contributed by atoms with van der Waals surface area (Å²) in [5.41, 5.74) is 1.38. The zero-order chi connectivity index (χ0) is 17.2. The summed E-state index contributed by atoms with van der Waals surface area (Å²) in [4.78, 5) is 4.72. The van der Waals surface area contributed by atoms with Crippen LogP contribution >= 0.6 is 11.6 Å². The van der Waals surface area contributed by atoms with Gasteiger partial charge >= 0.3 is 0 Å². The first-order valence-corrected chi connectivity index (χ1v) is 10.6. The van der Waals surface area contributed by atoms with Gasteiger partial charge in [-0.15, -0.1) is 0 Å². The summed E-state index contributed by atoms with van der Waals surface area (Å²) in [6.45, 7) is 3.46. The number of hydrogen-bond acceptors (Lipinski definition) is 3. The molecule has 1 saturated carbocycles. The van der Waals surface area contributed by atoms with E-state index in [1.54, 1.807) is 0 Å². The molecule has 1 aromatic rings. The largest absolute Gasteiger partial charge is 0.357 e. The fourth-order valence-corrected chi connectivity index (χ4v) is 4.94. The molecule has 0 amide bonds. The molecule has 0 bridgehead atoms. The molecule has 1 aliphatic carbocycles. The zero-order valence-electron chi connectivity index (χ0n) is 13.9. The van der Waals surface area contributed by atoms with Crippen molar-refractivity contribution >= 4 is 27.4 Å². The van der Waals surface area contributed by atoms with Crippen LogP contribution in [0.3, 0.4) is 0 Å². The first kappa shape index (κ1) is 17.5. The highest BCUT2D eigenvalue weighted by molar-refractivity contribution is 7.91. The predicted molar refractivity (Wildman–Crippen MR) is 98.5 cm³/mol. The standard InChI is InChI=1S/C17H24ClN3O2S/c1-2-19-16(21-15-7-10-24(22,23)11-15)20-12-17(8-9-17)13-3-5-14(18)6-4-13/h3-6,15H,2,7-12H2,1H3,(H2,19,20,21). The lowest BCUT2D eigenvalue weighted by Gasteiger charge is -2.18. The molecule has 2 aliphatic rings. The molecule has 7 heteroatoms. The van der Waals surface area contributed by atoms with Crippen molar-refractivity contribution in [3.8, 4) is 0 Å². The van der Waals surface area contributed by atoms with Crippen molar-refractivity contribution in [3.63, 3.8) is 0 Å². The molecule has 24 heavy (non-hydrogen) atoms. The minimum Gasteiger partial charge on any atom is -0.357 e. The Hall–Kier alpha value is -1.27. The third kappa shape index (κ3) is 4.22. The molecular weight excluding hydrogens is 346 g/mol. The Morgan fingerprint density at radius 2 is 2.04 bits per heavy atom. The van der Waals surface area contributed by atoms with Crippen LogP contribution in [0.15, 0.2) is 29.3 Å². The second-order valence-electron chi connectivity index (χ2n) is 6.73. The van der Waals surface area contributed by atoms with Crippen LogP contribution in [0, 0.1) is 0 Å². The molecule has 1 unspecified atom stereocenters. The number of hydrogen-bond donors (Lipinski definition) is 2. The van der Waals surface area contributed by atoms with E-state index in [9.17, 15) is 8.42 Å². The third-order valence-electron chi connectivity index (χ3n) is 4.77. The molecule has 5 nitrogen and oxygen atoms in total. The summed E-state index contributed by atoms with van der Waals surface area (Å²) in [7, 11) is -2.89. The molecule has 1 atom stereocenters. The van der Waals surface area contributed by atoms with Crippen LogP contribution in [0.25, 0.3) is 0 Å². The minimum absolute atomic E-state index is 0.0431. The second-order valence-corrected chi connectivity index (χ2v) is 9.39. The van der Waals surface area contributed by atoms with Crippen molar-refractivity contribution in [2.45, 2.75) is 37.6 Å². The monoisotopic (exact) mass is 369 g/mol. The van der Waals surface area contributed by atoms with Gasteiger partial charge in [-0.25, -0.2) is 8.42 Å². The van der Waals surface area contributed by atoms with Crippen LogP contribution in [-0.4, -0.2) is 45.0 Å². The summed E-state index contributed by atoms with van der Waals surface area (Å²) in [6, 6.07) is 7.96. The molecule has 0 radical (unpaired) electrons. The highest BCUT2D eigenvalue weighted by Crippen LogP contribution is 2.48. The summed E-state index contributed by atoms with van der Waals surface area (Å²) >= 11 is 5.97. The minimum atomic E-state index is -2.89. The number of sulfone groups is 1. The van der Waals surface area contributed by atoms with Crippen molar-refractivity contribution in [3.05, 3.63) is 34.9 Å². The van der Waals surface area contributed by atoms with Crippen LogP contribution in [-0.2, 0) is 15.3 Å². The maximum absolute atomic E-state index is 11.6. The van der Waals surface area contributed by atoms with Crippen molar-refractivity contribution < 1.29 is 8.42 Å².